The predicted octanol–water partition coefficient (Wildman–Crippen LogP) is 0.542. The number of aromatic nitrogens is 3. The number of urea groups is 1. The first-order chi connectivity index (χ1) is 12.7. The van der Waals surface area contributed by atoms with Crippen molar-refractivity contribution >= 4 is 23.5 Å². The lowest BCUT2D eigenvalue weighted by Gasteiger charge is -2.29. The van der Waals surface area contributed by atoms with Gasteiger partial charge in [-0.05, 0) is 12.1 Å². The Bertz CT molecular complexity index is 794. The first-order valence-corrected chi connectivity index (χ1v) is 8.39. The van der Waals surface area contributed by atoms with Crippen molar-refractivity contribution in [3.05, 3.63) is 35.8 Å². The molecule has 4 rings (SSSR count). The molecule has 1 fully saturated rings. The van der Waals surface area contributed by atoms with Gasteiger partial charge in [-0.2, -0.15) is 4.98 Å². The standard InChI is InChI=1S/C16H20N8O2/c17-22-15-20-13-10-24(16(25)19-11-2-1-3-18-8-11)9-12(13)14(21-15)23-4-6-26-7-5-23/h1-3,8H,4-7,9-10,17H2,(H,19,25)(H,20,21,22). The maximum atomic E-state index is 12.6. The Balaban J connectivity index is 1.56. The third kappa shape index (κ3) is 3.24. The number of amides is 2. The second kappa shape index (κ2) is 7.10. The van der Waals surface area contributed by atoms with Gasteiger partial charge in [0.1, 0.15) is 5.82 Å². The second-order valence-corrected chi connectivity index (χ2v) is 6.07. The Morgan fingerprint density at radius 3 is 2.81 bits per heavy atom. The molecule has 2 aliphatic heterocycles. The van der Waals surface area contributed by atoms with Crippen molar-refractivity contribution in [2.24, 2.45) is 5.84 Å². The zero-order valence-electron chi connectivity index (χ0n) is 14.2. The molecule has 2 aromatic heterocycles. The molecule has 0 spiro atoms. The molecule has 136 valence electrons. The minimum absolute atomic E-state index is 0.203. The van der Waals surface area contributed by atoms with E-state index in [1.807, 2.05) is 0 Å². The van der Waals surface area contributed by atoms with Crippen LogP contribution >= 0.6 is 0 Å². The Morgan fingerprint density at radius 2 is 2.08 bits per heavy atom. The van der Waals surface area contributed by atoms with Crippen LogP contribution in [0.4, 0.5) is 22.2 Å². The van der Waals surface area contributed by atoms with E-state index < -0.39 is 0 Å². The lowest BCUT2D eigenvalue weighted by Crippen LogP contribution is -2.38. The predicted molar refractivity (Wildman–Crippen MR) is 95.4 cm³/mol. The Hall–Kier alpha value is -2.98. The van der Waals surface area contributed by atoms with E-state index in [1.54, 1.807) is 29.4 Å². The number of hydrazine groups is 1. The smallest absolute Gasteiger partial charge is 0.322 e. The molecule has 2 aliphatic rings. The van der Waals surface area contributed by atoms with Crippen molar-refractivity contribution in [2.45, 2.75) is 13.1 Å². The first-order valence-electron chi connectivity index (χ1n) is 8.39. The van der Waals surface area contributed by atoms with Gasteiger partial charge in [-0.3, -0.25) is 10.4 Å². The Kier molecular flexibility index (Phi) is 4.50. The highest BCUT2D eigenvalue weighted by atomic mass is 16.5. The van der Waals surface area contributed by atoms with Crippen LogP contribution in [0.2, 0.25) is 0 Å². The average molecular weight is 356 g/mol. The van der Waals surface area contributed by atoms with Crippen LogP contribution in [0.15, 0.2) is 24.5 Å². The summed E-state index contributed by atoms with van der Waals surface area (Å²) >= 11 is 0. The summed E-state index contributed by atoms with van der Waals surface area (Å²) in [4.78, 5) is 29.4. The van der Waals surface area contributed by atoms with Crippen molar-refractivity contribution in [2.75, 3.05) is 41.9 Å². The molecule has 0 saturated carbocycles. The van der Waals surface area contributed by atoms with Gasteiger partial charge in [0.05, 0.1) is 43.9 Å². The van der Waals surface area contributed by atoms with Crippen molar-refractivity contribution in [1.29, 1.82) is 0 Å². The van der Waals surface area contributed by atoms with Gasteiger partial charge in [0.2, 0.25) is 5.95 Å². The monoisotopic (exact) mass is 356 g/mol. The van der Waals surface area contributed by atoms with Crippen LogP contribution in [0.5, 0.6) is 0 Å². The third-order valence-corrected chi connectivity index (χ3v) is 4.40. The number of fused-ring (bicyclic) bond motifs is 1. The maximum absolute atomic E-state index is 12.6. The number of pyridine rings is 1. The highest BCUT2D eigenvalue weighted by Crippen LogP contribution is 2.31. The third-order valence-electron chi connectivity index (χ3n) is 4.40. The number of carbonyl (C=O) groups excluding carboxylic acids is 1. The SMILES string of the molecule is NNc1nc2c(c(N3CCOCC3)n1)CN(C(=O)Nc1cccnc1)C2. The number of carbonyl (C=O) groups is 1. The summed E-state index contributed by atoms with van der Waals surface area (Å²) in [6.07, 6.45) is 3.27. The molecular formula is C16H20N8O2. The molecule has 0 aliphatic carbocycles. The van der Waals surface area contributed by atoms with E-state index in [9.17, 15) is 4.79 Å². The molecule has 0 aromatic carbocycles. The molecule has 4 heterocycles. The van der Waals surface area contributed by atoms with Gasteiger partial charge in [-0.1, -0.05) is 0 Å². The summed E-state index contributed by atoms with van der Waals surface area (Å²) in [6.45, 7) is 3.63. The molecule has 26 heavy (non-hydrogen) atoms. The molecule has 0 radical (unpaired) electrons. The minimum atomic E-state index is -0.203. The number of nitrogens with zero attached hydrogens (tertiary/aromatic N) is 5. The molecule has 2 amide bonds. The molecule has 1 saturated heterocycles. The maximum Gasteiger partial charge on any atom is 0.322 e. The van der Waals surface area contributed by atoms with Crippen LogP contribution in [0.3, 0.4) is 0 Å². The lowest BCUT2D eigenvalue weighted by atomic mass is 10.2. The van der Waals surface area contributed by atoms with Crippen molar-refractivity contribution in [3.63, 3.8) is 0 Å². The van der Waals surface area contributed by atoms with Gasteiger partial charge in [-0.25, -0.2) is 15.6 Å². The van der Waals surface area contributed by atoms with Crippen LogP contribution in [-0.2, 0) is 17.8 Å². The van der Waals surface area contributed by atoms with Gasteiger partial charge in [0, 0.05) is 24.8 Å². The van der Waals surface area contributed by atoms with Gasteiger partial charge in [0.25, 0.3) is 0 Å². The normalized spacial score (nSPS) is 16.3. The van der Waals surface area contributed by atoms with E-state index >= 15 is 0 Å². The molecule has 0 unspecified atom stereocenters. The number of nitrogens with two attached hydrogens (primary N) is 1. The van der Waals surface area contributed by atoms with Crippen molar-refractivity contribution in [1.82, 2.24) is 19.9 Å². The number of hydrogen-bond donors (Lipinski definition) is 3. The summed E-state index contributed by atoms with van der Waals surface area (Å²) in [5.41, 5.74) is 4.92. The number of ether oxygens (including phenoxy) is 1. The van der Waals surface area contributed by atoms with Crippen LogP contribution < -0.4 is 21.5 Å². The van der Waals surface area contributed by atoms with E-state index in [4.69, 9.17) is 10.6 Å². The molecular weight excluding hydrogens is 336 g/mol. The van der Waals surface area contributed by atoms with Gasteiger partial charge < -0.3 is 19.9 Å². The fourth-order valence-electron chi connectivity index (χ4n) is 3.12. The number of morpholine rings is 1. The van der Waals surface area contributed by atoms with E-state index in [0.717, 1.165) is 30.2 Å². The summed E-state index contributed by atoms with van der Waals surface area (Å²) < 4.78 is 5.42. The summed E-state index contributed by atoms with van der Waals surface area (Å²) in [6, 6.07) is 3.37. The van der Waals surface area contributed by atoms with E-state index in [2.05, 4.69) is 30.6 Å². The van der Waals surface area contributed by atoms with Crippen molar-refractivity contribution < 1.29 is 9.53 Å². The van der Waals surface area contributed by atoms with E-state index in [-0.39, 0.29) is 6.03 Å². The highest BCUT2D eigenvalue weighted by Gasteiger charge is 2.30. The minimum Gasteiger partial charge on any atom is -0.378 e. The fraction of sp³-hybridized carbons (Fsp3) is 0.375. The number of hydrogen-bond acceptors (Lipinski definition) is 8. The highest BCUT2D eigenvalue weighted by molar-refractivity contribution is 5.89. The molecule has 0 bridgehead atoms. The summed E-state index contributed by atoms with van der Waals surface area (Å²) in [7, 11) is 0. The average Bonchev–Trinajstić information content (AvgIpc) is 3.13. The molecule has 0 atom stereocenters. The molecule has 10 heteroatoms. The number of nitrogens with one attached hydrogen (secondary N) is 2. The van der Waals surface area contributed by atoms with Crippen molar-refractivity contribution in [3.8, 4) is 0 Å². The zero-order chi connectivity index (χ0) is 17.9. The topological polar surface area (TPSA) is 122 Å². The Morgan fingerprint density at radius 1 is 1.23 bits per heavy atom. The van der Waals surface area contributed by atoms with Crippen LogP contribution in [0.1, 0.15) is 11.3 Å². The summed E-state index contributed by atoms with van der Waals surface area (Å²) in [5.74, 6) is 6.68. The Labute approximate surface area is 150 Å². The molecule has 2 aromatic rings. The largest absolute Gasteiger partial charge is 0.378 e. The van der Waals surface area contributed by atoms with Gasteiger partial charge >= 0.3 is 6.03 Å². The number of nitrogen functional groups attached to an aromatic ring is 1. The van der Waals surface area contributed by atoms with Crippen LogP contribution in [0, 0.1) is 0 Å². The number of anilines is 3. The molecule has 4 N–H and O–H groups in total. The van der Waals surface area contributed by atoms with Gasteiger partial charge in [-0.15, -0.1) is 0 Å². The van der Waals surface area contributed by atoms with Gasteiger partial charge in [0.15, 0.2) is 0 Å². The molecule has 10 nitrogen and oxygen atoms in total. The quantitative estimate of drug-likeness (QED) is 0.538. The number of rotatable bonds is 3. The lowest BCUT2D eigenvalue weighted by molar-refractivity contribution is 0.122. The van der Waals surface area contributed by atoms with E-state index in [1.165, 1.54) is 0 Å². The van der Waals surface area contributed by atoms with Crippen LogP contribution in [0.25, 0.3) is 0 Å². The van der Waals surface area contributed by atoms with Crippen LogP contribution in [-0.4, -0.2) is 52.2 Å². The zero-order valence-corrected chi connectivity index (χ0v) is 14.2. The first kappa shape index (κ1) is 16.5. The summed E-state index contributed by atoms with van der Waals surface area (Å²) in [5, 5.41) is 2.85. The van der Waals surface area contributed by atoms with E-state index in [0.29, 0.717) is 37.9 Å². The fourth-order valence-corrected chi connectivity index (χ4v) is 3.12. The second-order valence-electron chi connectivity index (χ2n) is 6.07.